The fraction of sp³-hybridized carbons (Fsp3) is 0.333. The third-order valence-electron chi connectivity index (χ3n) is 2.10. The Labute approximate surface area is 94.5 Å². The molecule has 0 spiro atoms. The van der Waals surface area contributed by atoms with E-state index in [1.165, 1.54) is 0 Å². The molecule has 0 radical (unpaired) electrons. The number of benzene rings is 1. The SMILES string of the molecule is CC(C)=NOCc1c(C)cccc1C(=O)O. The Hall–Kier alpha value is -1.84. The zero-order valence-electron chi connectivity index (χ0n) is 9.65. The summed E-state index contributed by atoms with van der Waals surface area (Å²) in [7, 11) is 0. The van der Waals surface area contributed by atoms with Gasteiger partial charge in [0.05, 0.1) is 11.3 Å². The van der Waals surface area contributed by atoms with Crippen LogP contribution < -0.4 is 0 Å². The second-order valence-electron chi connectivity index (χ2n) is 3.72. The van der Waals surface area contributed by atoms with Gasteiger partial charge in [-0.3, -0.25) is 0 Å². The second kappa shape index (κ2) is 5.30. The fourth-order valence-corrected chi connectivity index (χ4v) is 1.32. The average Bonchev–Trinajstić information content (AvgIpc) is 2.19. The van der Waals surface area contributed by atoms with E-state index in [0.29, 0.717) is 5.56 Å². The number of nitrogens with zero attached hydrogens (tertiary/aromatic N) is 1. The summed E-state index contributed by atoms with van der Waals surface area (Å²) in [5.74, 6) is -0.945. The maximum atomic E-state index is 11.0. The van der Waals surface area contributed by atoms with Gasteiger partial charge in [-0.15, -0.1) is 0 Å². The van der Waals surface area contributed by atoms with Crippen LogP contribution in [0.5, 0.6) is 0 Å². The minimum absolute atomic E-state index is 0.180. The Kier molecular flexibility index (Phi) is 4.05. The lowest BCUT2D eigenvalue weighted by Gasteiger charge is -2.08. The van der Waals surface area contributed by atoms with Gasteiger partial charge in [-0.2, -0.15) is 0 Å². The molecule has 1 N–H and O–H groups in total. The van der Waals surface area contributed by atoms with E-state index in [1.807, 2.05) is 26.8 Å². The van der Waals surface area contributed by atoms with Crippen molar-refractivity contribution in [1.29, 1.82) is 0 Å². The molecule has 0 aliphatic rings. The highest BCUT2D eigenvalue weighted by Gasteiger charge is 2.11. The number of carboxylic acid groups (broad SMARTS) is 1. The van der Waals surface area contributed by atoms with E-state index in [1.54, 1.807) is 12.1 Å². The third kappa shape index (κ3) is 3.08. The summed E-state index contributed by atoms with van der Waals surface area (Å²) in [6.07, 6.45) is 0. The van der Waals surface area contributed by atoms with Crippen molar-refractivity contribution in [3.8, 4) is 0 Å². The molecule has 0 fully saturated rings. The number of rotatable bonds is 4. The van der Waals surface area contributed by atoms with Gasteiger partial charge in [0.2, 0.25) is 0 Å². The largest absolute Gasteiger partial charge is 0.478 e. The summed E-state index contributed by atoms with van der Waals surface area (Å²) < 4.78 is 0. The summed E-state index contributed by atoms with van der Waals surface area (Å²) >= 11 is 0. The first-order valence-electron chi connectivity index (χ1n) is 4.97. The standard InChI is InChI=1S/C12H15NO3/c1-8(2)13-16-7-11-9(3)5-4-6-10(11)12(14)15/h4-6H,7H2,1-3H3,(H,14,15). The number of carboxylic acids is 1. The molecule has 0 saturated heterocycles. The number of carbonyl (C=O) groups is 1. The van der Waals surface area contributed by atoms with E-state index in [9.17, 15) is 4.79 Å². The maximum Gasteiger partial charge on any atom is 0.336 e. The summed E-state index contributed by atoms with van der Waals surface area (Å²) in [5, 5.41) is 12.8. The van der Waals surface area contributed by atoms with Crippen LogP contribution in [0.1, 0.15) is 35.3 Å². The molecule has 0 bridgehead atoms. The lowest BCUT2D eigenvalue weighted by molar-refractivity contribution is 0.0688. The summed E-state index contributed by atoms with van der Waals surface area (Å²) in [4.78, 5) is 16.1. The average molecular weight is 221 g/mol. The highest BCUT2D eigenvalue weighted by molar-refractivity contribution is 5.89. The van der Waals surface area contributed by atoms with E-state index in [2.05, 4.69) is 5.16 Å². The second-order valence-corrected chi connectivity index (χ2v) is 3.72. The predicted octanol–water partition coefficient (Wildman–Crippen LogP) is 2.61. The number of hydrogen-bond donors (Lipinski definition) is 1. The minimum Gasteiger partial charge on any atom is -0.478 e. The van der Waals surface area contributed by atoms with Crippen LogP contribution in [0.4, 0.5) is 0 Å². The topological polar surface area (TPSA) is 58.9 Å². The highest BCUT2D eigenvalue weighted by atomic mass is 16.6. The molecule has 1 rings (SSSR count). The van der Waals surface area contributed by atoms with Crippen LogP contribution in [0.15, 0.2) is 23.4 Å². The van der Waals surface area contributed by atoms with Crippen LogP contribution in [-0.4, -0.2) is 16.8 Å². The van der Waals surface area contributed by atoms with E-state index < -0.39 is 5.97 Å². The van der Waals surface area contributed by atoms with Crippen molar-refractivity contribution < 1.29 is 14.7 Å². The Morgan fingerprint density at radius 3 is 2.69 bits per heavy atom. The molecule has 1 aromatic carbocycles. The van der Waals surface area contributed by atoms with E-state index in [4.69, 9.17) is 9.94 Å². The maximum absolute atomic E-state index is 11.0. The number of aryl methyl sites for hydroxylation is 1. The molecule has 0 heterocycles. The zero-order valence-corrected chi connectivity index (χ0v) is 9.65. The Bertz CT molecular complexity index is 420. The molecule has 86 valence electrons. The van der Waals surface area contributed by atoms with Crippen molar-refractivity contribution in [2.24, 2.45) is 5.16 Å². The zero-order chi connectivity index (χ0) is 12.1. The van der Waals surface area contributed by atoms with E-state index in [-0.39, 0.29) is 12.2 Å². The molecule has 0 aromatic heterocycles. The van der Waals surface area contributed by atoms with Crippen LogP contribution in [-0.2, 0) is 11.4 Å². The monoisotopic (exact) mass is 221 g/mol. The summed E-state index contributed by atoms with van der Waals surface area (Å²) in [5.41, 5.74) is 2.62. The van der Waals surface area contributed by atoms with Crippen LogP contribution in [0.3, 0.4) is 0 Å². The molecular weight excluding hydrogens is 206 g/mol. The van der Waals surface area contributed by atoms with Crippen LogP contribution in [0.25, 0.3) is 0 Å². The van der Waals surface area contributed by atoms with Crippen molar-refractivity contribution in [3.63, 3.8) is 0 Å². The molecule has 16 heavy (non-hydrogen) atoms. The molecule has 0 aliphatic heterocycles. The Morgan fingerprint density at radius 1 is 1.44 bits per heavy atom. The number of hydrogen-bond acceptors (Lipinski definition) is 3. The molecule has 0 aliphatic carbocycles. The highest BCUT2D eigenvalue weighted by Crippen LogP contribution is 2.15. The van der Waals surface area contributed by atoms with Gasteiger partial charge < -0.3 is 9.94 Å². The van der Waals surface area contributed by atoms with E-state index >= 15 is 0 Å². The Morgan fingerprint density at radius 2 is 2.12 bits per heavy atom. The fourth-order valence-electron chi connectivity index (χ4n) is 1.32. The van der Waals surface area contributed by atoms with Gasteiger partial charge in [0.1, 0.15) is 6.61 Å². The first-order valence-corrected chi connectivity index (χ1v) is 4.97. The predicted molar refractivity (Wildman–Crippen MR) is 61.7 cm³/mol. The normalized spacial score (nSPS) is 9.69. The van der Waals surface area contributed by atoms with Crippen molar-refractivity contribution in [2.75, 3.05) is 0 Å². The Balaban J connectivity index is 2.93. The van der Waals surface area contributed by atoms with Gasteiger partial charge in [-0.05, 0) is 32.4 Å². The molecule has 0 atom stereocenters. The molecule has 4 heteroatoms. The van der Waals surface area contributed by atoms with Gasteiger partial charge in [0.15, 0.2) is 0 Å². The van der Waals surface area contributed by atoms with Crippen LogP contribution in [0, 0.1) is 6.92 Å². The van der Waals surface area contributed by atoms with E-state index in [0.717, 1.165) is 11.3 Å². The van der Waals surface area contributed by atoms with Gasteiger partial charge >= 0.3 is 5.97 Å². The lowest BCUT2D eigenvalue weighted by Crippen LogP contribution is -2.05. The third-order valence-corrected chi connectivity index (χ3v) is 2.10. The van der Waals surface area contributed by atoms with Gasteiger partial charge in [0, 0.05) is 5.56 Å². The molecule has 0 amide bonds. The van der Waals surface area contributed by atoms with Crippen molar-refractivity contribution in [1.82, 2.24) is 0 Å². The summed E-state index contributed by atoms with van der Waals surface area (Å²) in [6, 6.07) is 5.14. The van der Waals surface area contributed by atoms with Crippen LogP contribution >= 0.6 is 0 Å². The first kappa shape index (κ1) is 12.2. The lowest BCUT2D eigenvalue weighted by atomic mass is 10.0. The molecular formula is C12H15NO3. The number of aromatic carboxylic acids is 1. The minimum atomic E-state index is -0.945. The first-order chi connectivity index (χ1) is 7.52. The van der Waals surface area contributed by atoms with Gasteiger partial charge in [-0.25, -0.2) is 4.79 Å². The van der Waals surface area contributed by atoms with Gasteiger partial charge in [-0.1, -0.05) is 17.3 Å². The molecule has 1 aromatic rings. The van der Waals surface area contributed by atoms with Crippen molar-refractivity contribution in [2.45, 2.75) is 27.4 Å². The van der Waals surface area contributed by atoms with Crippen molar-refractivity contribution >= 4 is 11.7 Å². The quantitative estimate of drug-likeness (QED) is 0.628. The summed E-state index contributed by atoms with van der Waals surface area (Å²) in [6.45, 7) is 5.67. The smallest absolute Gasteiger partial charge is 0.336 e. The number of oxime groups is 1. The molecule has 0 unspecified atom stereocenters. The molecule has 0 saturated carbocycles. The van der Waals surface area contributed by atoms with Crippen molar-refractivity contribution in [3.05, 3.63) is 34.9 Å². The van der Waals surface area contributed by atoms with Crippen LogP contribution in [0.2, 0.25) is 0 Å². The van der Waals surface area contributed by atoms with Gasteiger partial charge in [0.25, 0.3) is 0 Å². The molecule has 4 nitrogen and oxygen atoms in total.